The largest absolute Gasteiger partial charge is 0.352 e. The standard InChI is InChI=1S/C20H26N4O2/c1-16-21-11-14-24(16)18-8-5-4-7-17(18)15-22-19(25)10-13-23-12-6-2-3-9-20(23)26/h4-5,7-8,11,14H,2-3,6,9-10,12-13,15H2,1H3,(H,22,25). The van der Waals surface area contributed by atoms with Crippen molar-refractivity contribution in [1.29, 1.82) is 0 Å². The Morgan fingerprint density at radius 3 is 2.88 bits per heavy atom. The van der Waals surface area contributed by atoms with Crippen LogP contribution in [0.2, 0.25) is 0 Å². The number of carbonyl (C=O) groups excluding carboxylic acids is 2. The first-order valence-electron chi connectivity index (χ1n) is 9.28. The number of rotatable bonds is 6. The minimum atomic E-state index is -0.0285. The number of amides is 2. The highest BCUT2D eigenvalue weighted by Gasteiger charge is 2.17. The van der Waals surface area contributed by atoms with Gasteiger partial charge in [-0.2, -0.15) is 0 Å². The van der Waals surface area contributed by atoms with Crippen molar-refractivity contribution in [2.45, 2.75) is 45.6 Å². The normalized spacial score (nSPS) is 15.0. The lowest BCUT2D eigenvalue weighted by molar-refractivity contribution is -0.131. The summed E-state index contributed by atoms with van der Waals surface area (Å²) >= 11 is 0. The van der Waals surface area contributed by atoms with Gasteiger partial charge in [0, 0.05) is 44.9 Å². The number of carbonyl (C=O) groups is 2. The van der Waals surface area contributed by atoms with Crippen LogP contribution in [0.3, 0.4) is 0 Å². The van der Waals surface area contributed by atoms with E-state index in [1.165, 1.54) is 0 Å². The molecule has 26 heavy (non-hydrogen) atoms. The Balaban J connectivity index is 1.55. The zero-order valence-corrected chi connectivity index (χ0v) is 15.3. The lowest BCUT2D eigenvalue weighted by Crippen LogP contribution is -2.34. The van der Waals surface area contributed by atoms with Crippen LogP contribution in [0.15, 0.2) is 36.7 Å². The summed E-state index contributed by atoms with van der Waals surface area (Å²) in [5.41, 5.74) is 2.05. The van der Waals surface area contributed by atoms with Crippen LogP contribution in [0, 0.1) is 6.92 Å². The predicted molar refractivity (Wildman–Crippen MR) is 99.8 cm³/mol. The third-order valence-electron chi connectivity index (χ3n) is 4.83. The Bertz CT molecular complexity index is 769. The van der Waals surface area contributed by atoms with Gasteiger partial charge in [0.1, 0.15) is 5.82 Å². The highest BCUT2D eigenvalue weighted by atomic mass is 16.2. The fraction of sp³-hybridized carbons (Fsp3) is 0.450. The highest BCUT2D eigenvalue weighted by molar-refractivity contribution is 5.79. The number of aromatic nitrogens is 2. The molecule has 0 bridgehead atoms. The highest BCUT2D eigenvalue weighted by Crippen LogP contribution is 2.16. The molecule has 0 unspecified atom stereocenters. The molecule has 0 aliphatic carbocycles. The van der Waals surface area contributed by atoms with Gasteiger partial charge in [-0.05, 0) is 31.4 Å². The molecule has 2 heterocycles. The Hall–Kier alpha value is -2.63. The van der Waals surface area contributed by atoms with Crippen LogP contribution in [0.4, 0.5) is 0 Å². The van der Waals surface area contributed by atoms with Gasteiger partial charge >= 0.3 is 0 Å². The molecular formula is C20H26N4O2. The number of hydrogen-bond donors (Lipinski definition) is 1. The van der Waals surface area contributed by atoms with Crippen LogP contribution in [-0.2, 0) is 16.1 Å². The van der Waals surface area contributed by atoms with Crippen molar-refractivity contribution in [2.75, 3.05) is 13.1 Å². The van der Waals surface area contributed by atoms with Crippen molar-refractivity contribution in [3.63, 3.8) is 0 Å². The van der Waals surface area contributed by atoms with Gasteiger partial charge < -0.3 is 14.8 Å². The number of nitrogens with one attached hydrogen (secondary N) is 1. The monoisotopic (exact) mass is 354 g/mol. The number of nitrogens with zero attached hydrogens (tertiary/aromatic N) is 3. The summed E-state index contributed by atoms with van der Waals surface area (Å²) in [6.07, 6.45) is 7.73. The lowest BCUT2D eigenvalue weighted by Gasteiger charge is -2.20. The van der Waals surface area contributed by atoms with Crippen molar-refractivity contribution in [3.05, 3.63) is 48.0 Å². The Morgan fingerprint density at radius 1 is 1.23 bits per heavy atom. The first-order valence-corrected chi connectivity index (χ1v) is 9.28. The van der Waals surface area contributed by atoms with Crippen molar-refractivity contribution in [1.82, 2.24) is 19.8 Å². The maximum Gasteiger partial charge on any atom is 0.222 e. The Kier molecular flexibility index (Phi) is 6.04. The van der Waals surface area contributed by atoms with Crippen LogP contribution < -0.4 is 5.32 Å². The fourth-order valence-electron chi connectivity index (χ4n) is 3.32. The summed E-state index contributed by atoms with van der Waals surface area (Å²) in [6.45, 7) is 3.69. The van der Waals surface area contributed by atoms with E-state index >= 15 is 0 Å². The average Bonchev–Trinajstić information content (AvgIpc) is 2.96. The molecule has 1 fully saturated rings. The molecule has 1 aromatic heterocycles. The third-order valence-corrected chi connectivity index (χ3v) is 4.83. The number of imidazole rings is 1. The van der Waals surface area contributed by atoms with Gasteiger partial charge in [0.25, 0.3) is 0 Å². The maximum atomic E-state index is 12.2. The van der Waals surface area contributed by atoms with Crippen molar-refractivity contribution in [2.24, 2.45) is 0 Å². The second-order valence-corrected chi connectivity index (χ2v) is 6.69. The van der Waals surface area contributed by atoms with Crippen molar-refractivity contribution in [3.8, 4) is 5.69 Å². The first-order chi connectivity index (χ1) is 12.6. The van der Waals surface area contributed by atoms with E-state index in [1.54, 1.807) is 6.20 Å². The summed E-state index contributed by atoms with van der Waals surface area (Å²) in [5, 5.41) is 2.98. The molecule has 0 atom stereocenters. The number of para-hydroxylation sites is 1. The molecular weight excluding hydrogens is 328 g/mol. The van der Waals surface area contributed by atoms with Crippen LogP contribution in [0.25, 0.3) is 5.69 Å². The predicted octanol–water partition coefficient (Wildman–Crippen LogP) is 2.59. The second-order valence-electron chi connectivity index (χ2n) is 6.69. The molecule has 138 valence electrons. The Morgan fingerprint density at radius 2 is 2.08 bits per heavy atom. The molecule has 1 aliphatic heterocycles. The molecule has 2 amide bonds. The van der Waals surface area contributed by atoms with E-state index in [9.17, 15) is 9.59 Å². The topological polar surface area (TPSA) is 67.2 Å². The van der Waals surface area contributed by atoms with E-state index in [2.05, 4.69) is 10.3 Å². The van der Waals surface area contributed by atoms with Gasteiger partial charge in [-0.3, -0.25) is 9.59 Å². The van der Waals surface area contributed by atoms with Crippen molar-refractivity contribution >= 4 is 11.8 Å². The number of benzene rings is 1. The van der Waals surface area contributed by atoms with Crippen molar-refractivity contribution < 1.29 is 9.59 Å². The number of likely N-dealkylation sites (tertiary alicyclic amines) is 1. The molecule has 1 saturated heterocycles. The van der Waals surface area contributed by atoms with Crippen LogP contribution >= 0.6 is 0 Å². The average molecular weight is 354 g/mol. The summed E-state index contributed by atoms with van der Waals surface area (Å²) in [6, 6.07) is 7.97. The van der Waals surface area contributed by atoms with Gasteiger partial charge in [0.2, 0.25) is 11.8 Å². The molecule has 1 N–H and O–H groups in total. The smallest absolute Gasteiger partial charge is 0.222 e. The minimum absolute atomic E-state index is 0.0285. The fourth-order valence-corrected chi connectivity index (χ4v) is 3.32. The molecule has 6 heteroatoms. The van der Waals surface area contributed by atoms with E-state index in [1.807, 2.05) is 46.9 Å². The van der Waals surface area contributed by atoms with E-state index in [4.69, 9.17) is 0 Å². The zero-order chi connectivity index (χ0) is 18.4. The molecule has 0 spiro atoms. The van der Waals surface area contributed by atoms with E-state index in [0.717, 1.165) is 42.9 Å². The SMILES string of the molecule is Cc1nccn1-c1ccccc1CNC(=O)CCN1CCCCCC1=O. The van der Waals surface area contributed by atoms with Crippen LogP contribution in [-0.4, -0.2) is 39.4 Å². The van der Waals surface area contributed by atoms with Gasteiger partial charge in [-0.1, -0.05) is 24.6 Å². The van der Waals surface area contributed by atoms with Crippen LogP contribution in [0.5, 0.6) is 0 Å². The van der Waals surface area contributed by atoms with Gasteiger partial charge in [-0.15, -0.1) is 0 Å². The first kappa shape index (κ1) is 18.2. The van der Waals surface area contributed by atoms with E-state index in [0.29, 0.717) is 25.9 Å². The second kappa shape index (κ2) is 8.65. The zero-order valence-electron chi connectivity index (χ0n) is 15.3. The molecule has 6 nitrogen and oxygen atoms in total. The quantitative estimate of drug-likeness (QED) is 0.867. The summed E-state index contributed by atoms with van der Waals surface area (Å²) in [5.74, 6) is 1.05. The number of aryl methyl sites for hydroxylation is 1. The number of hydrogen-bond acceptors (Lipinski definition) is 3. The minimum Gasteiger partial charge on any atom is -0.352 e. The van der Waals surface area contributed by atoms with Gasteiger partial charge in [-0.25, -0.2) is 4.98 Å². The molecule has 1 aliphatic rings. The maximum absolute atomic E-state index is 12.2. The molecule has 0 radical (unpaired) electrons. The molecule has 0 saturated carbocycles. The molecule has 2 aromatic rings. The van der Waals surface area contributed by atoms with Crippen LogP contribution in [0.1, 0.15) is 43.5 Å². The Labute approximate surface area is 154 Å². The van der Waals surface area contributed by atoms with E-state index in [-0.39, 0.29) is 11.8 Å². The van der Waals surface area contributed by atoms with E-state index < -0.39 is 0 Å². The molecule has 1 aromatic carbocycles. The summed E-state index contributed by atoms with van der Waals surface area (Å²) in [4.78, 5) is 30.3. The van der Waals surface area contributed by atoms with Gasteiger partial charge in [0.05, 0.1) is 5.69 Å². The molecule has 3 rings (SSSR count). The van der Waals surface area contributed by atoms with Gasteiger partial charge in [0.15, 0.2) is 0 Å². The lowest BCUT2D eigenvalue weighted by atomic mass is 10.1. The third kappa shape index (κ3) is 4.50. The summed E-state index contributed by atoms with van der Waals surface area (Å²) in [7, 11) is 0. The summed E-state index contributed by atoms with van der Waals surface area (Å²) < 4.78 is 2.01.